The summed E-state index contributed by atoms with van der Waals surface area (Å²) in [5, 5.41) is 10.2. The van der Waals surface area contributed by atoms with E-state index in [0.717, 1.165) is 22.0 Å². The van der Waals surface area contributed by atoms with Gasteiger partial charge in [-0.1, -0.05) is 23.9 Å². The highest BCUT2D eigenvalue weighted by molar-refractivity contribution is 7.98. The maximum Gasteiger partial charge on any atom is 0.216 e. The molecule has 0 aliphatic rings. The van der Waals surface area contributed by atoms with Crippen molar-refractivity contribution in [3.8, 4) is 16.3 Å². The number of benzene rings is 1. The molecular weight excluding hydrogens is 306 g/mol. The van der Waals surface area contributed by atoms with E-state index in [-0.39, 0.29) is 0 Å². The lowest BCUT2D eigenvalue weighted by atomic mass is 10.2. The molecule has 1 aromatic carbocycles. The summed E-state index contributed by atoms with van der Waals surface area (Å²) in [6, 6.07) is 7.88. The number of thioether (sulfide) groups is 1. The average Bonchev–Trinajstić information content (AvgIpc) is 3.14. The molecule has 3 N–H and O–H groups in total. The predicted molar refractivity (Wildman–Crippen MR) is 84.5 cm³/mol. The second-order valence-corrected chi connectivity index (χ2v) is 5.97. The molecule has 0 radical (unpaired) electrons. The van der Waals surface area contributed by atoms with Crippen molar-refractivity contribution < 1.29 is 4.74 Å². The Morgan fingerprint density at radius 1 is 1.38 bits per heavy atom. The van der Waals surface area contributed by atoms with Gasteiger partial charge in [0.15, 0.2) is 0 Å². The maximum atomic E-state index is 5.49. The number of aromatic nitrogens is 4. The van der Waals surface area contributed by atoms with Crippen molar-refractivity contribution in [1.82, 2.24) is 20.2 Å². The van der Waals surface area contributed by atoms with Crippen LogP contribution in [0.2, 0.25) is 0 Å². The number of thiazole rings is 1. The van der Waals surface area contributed by atoms with Crippen LogP contribution in [-0.4, -0.2) is 27.3 Å². The minimum atomic E-state index is 0.327. The van der Waals surface area contributed by atoms with Crippen molar-refractivity contribution in [1.29, 1.82) is 0 Å². The number of anilines is 1. The van der Waals surface area contributed by atoms with Gasteiger partial charge in [0, 0.05) is 16.7 Å². The van der Waals surface area contributed by atoms with Gasteiger partial charge >= 0.3 is 0 Å². The first-order valence-electron chi connectivity index (χ1n) is 6.14. The first-order chi connectivity index (χ1) is 10.2. The van der Waals surface area contributed by atoms with E-state index >= 15 is 0 Å². The van der Waals surface area contributed by atoms with Gasteiger partial charge in [0.2, 0.25) is 11.1 Å². The van der Waals surface area contributed by atoms with Crippen LogP contribution in [0.3, 0.4) is 0 Å². The number of rotatable bonds is 5. The second kappa shape index (κ2) is 6.15. The lowest BCUT2D eigenvalue weighted by Gasteiger charge is -2.01. The molecule has 0 saturated heterocycles. The molecule has 0 amide bonds. The molecule has 8 heteroatoms. The van der Waals surface area contributed by atoms with Crippen molar-refractivity contribution in [3.05, 3.63) is 35.3 Å². The largest absolute Gasteiger partial charge is 0.497 e. The van der Waals surface area contributed by atoms with E-state index < -0.39 is 0 Å². The fraction of sp³-hybridized carbons (Fsp3) is 0.154. The SMILES string of the molecule is COc1cccc(-c2nc(CSc3n[nH]c(N)n3)cs2)c1. The molecule has 0 atom stereocenters. The van der Waals surface area contributed by atoms with E-state index in [9.17, 15) is 0 Å². The van der Waals surface area contributed by atoms with Gasteiger partial charge < -0.3 is 10.5 Å². The zero-order valence-electron chi connectivity index (χ0n) is 11.2. The van der Waals surface area contributed by atoms with E-state index in [1.165, 1.54) is 11.8 Å². The molecule has 0 aliphatic heterocycles. The monoisotopic (exact) mass is 319 g/mol. The molecule has 108 valence electrons. The molecule has 2 aromatic heterocycles. The predicted octanol–water partition coefficient (Wildman–Crippen LogP) is 2.81. The zero-order valence-corrected chi connectivity index (χ0v) is 12.9. The Balaban J connectivity index is 1.70. The van der Waals surface area contributed by atoms with Crippen LogP contribution in [0.15, 0.2) is 34.8 Å². The third-order valence-corrected chi connectivity index (χ3v) is 4.52. The summed E-state index contributed by atoms with van der Waals surface area (Å²) in [6.45, 7) is 0. The summed E-state index contributed by atoms with van der Waals surface area (Å²) in [5.41, 5.74) is 7.53. The molecule has 0 saturated carbocycles. The highest BCUT2D eigenvalue weighted by Crippen LogP contribution is 2.28. The van der Waals surface area contributed by atoms with Crippen molar-refractivity contribution in [2.24, 2.45) is 0 Å². The number of nitrogens with one attached hydrogen (secondary N) is 1. The smallest absolute Gasteiger partial charge is 0.216 e. The lowest BCUT2D eigenvalue weighted by Crippen LogP contribution is -1.86. The fourth-order valence-corrected chi connectivity index (χ4v) is 3.34. The Kier molecular flexibility index (Phi) is 4.07. The third-order valence-electron chi connectivity index (χ3n) is 2.70. The Morgan fingerprint density at radius 3 is 3.05 bits per heavy atom. The van der Waals surface area contributed by atoms with Crippen LogP contribution in [-0.2, 0) is 5.75 Å². The molecular formula is C13H13N5OS2. The first-order valence-corrected chi connectivity index (χ1v) is 8.00. The molecule has 21 heavy (non-hydrogen) atoms. The third kappa shape index (κ3) is 3.34. The lowest BCUT2D eigenvalue weighted by molar-refractivity contribution is 0.415. The van der Waals surface area contributed by atoms with Crippen LogP contribution in [0.1, 0.15) is 5.69 Å². The number of aromatic amines is 1. The van der Waals surface area contributed by atoms with Crippen molar-refractivity contribution in [2.75, 3.05) is 12.8 Å². The summed E-state index contributed by atoms with van der Waals surface area (Å²) in [7, 11) is 1.66. The quantitative estimate of drug-likeness (QED) is 0.703. The average molecular weight is 319 g/mol. The second-order valence-electron chi connectivity index (χ2n) is 4.17. The summed E-state index contributed by atoms with van der Waals surface area (Å²) in [4.78, 5) is 8.67. The van der Waals surface area contributed by atoms with E-state index in [2.05, 4.69) is 20.2 Å². The van der Waals surface area contributed by atoms with Crippen LogP contribution in [0.4, 0.5) is 5.95 Å². The molecule has 0 aliphatic carbocycles. The van der Waals surface area contributed by atoms with Gasteiger partial charge in [-0.15, -0.1) is 16.4 Å². The van der Waals surface area contributed by atoms with Gasteiger partial charge in [0.1, 0.15) is 10.8 Å². The van der Waals surface area contributed by atoms with Crippen LogP contribution in [0.25, 0.3) is 10.6 Å². The van der Waals surface area contributed by atoms with Crippen LogP contribution in [0.5, 0.6) is 5.75 Å². The number of nitrogens with two attached hydrogens (primary N) is 1. The summed E-state index contributed by atoms with van der Waals surface area (Å²) < 4.78 is 5.23. The highest BCUT2D eigenvalue weighted by atomic mass is 32.2. The topological polar surface area (TPSA) is 89.7 Å². The van der Waals surface area contributed by atoms with Crippen molar-refractivity contribution in [3.63, 3.8) is 0 Å². The molecule has 0 fully saturated rings. The number of ether oxygens (including phenoxy) is 1. The number of H-pyrrole nitrogens is 1. The normalized spacial score (nSPS) is 10.7. The minimum Gasteiger partial charge on any atom is -0.497 e. The van der Waals surface area contributed by atoms with Gasteiger partial charge in [-0.2, -0.15) is 4.98 Å². The van der Waals surface area contributed by atoms with Gasteiger partial charge in [0.25, 0.3) is 0 Å². The molecule has 2 heterocycles. The Morgan fingerprint density at radius 2 is 2.29 bits per heavy atom. The van der Waals surface area contributed by atoms with E-state index in [4.69, 9.17) is 10.5 Å². The molecule has 6 nitrogen and oxygen atoms in total. The number of hydrogen-bond acceptors (Lipinski definition) is 7. The number of nitrogen functional groups attached to an aromatic ring is 1. The van der Waals surface area contributed by atoms with E-state index in [1.54, 1.807) is 18.4 Å². The summed E-state index contributed by atoms with van der Waals surface area (Å²) in [6.07, 6.45) is 0. The Labute approximate surface area is 129 Å². The van der Waals surface area contributed by atoms with Crippen LogP contribution < -0.4 is 10.5 Å². The highest BCUT2D eigenvalue weighted by Gasteiger charge is 2.08. The standard InChI is InChI=1S/C13H13N5OS2/c1-19-10-4-2-3-8(5-10)11-15-9(6-20-11)7-21-13-16-12(14)17-18-13/h2-6H,7H2,1H3,(H3,14,16,17,18). The number of methoxy groups -OCH3 is 1. The summed E-state index contributed by atoms with van der Waals surface area (Å²) in [5.74, 6) is 1.86. The molecule has 0 unspecified atom stereocenters. The molecule has 3 aromatic rings. The molecule has 0 spiro atoms. The first kappa shape index (κ1) is 13.9. The maximum absolute atomic E-state index is 5.49. The Hall–Kier alpha value is -2.06. The van der Waals surface area contributed by atoms with E-state index in [0.29, 0.717) is 16.9 Å². The van der Waals surface area contributed by atoms with Crippen molar-refractivity contribution >= 4 is 29.0 Å². The fourth-order valence-electron chi connectivity index (χ4n) is 1.72. The number of hydrogen-bond donors (Lipinski definition) is 2. The van der Waals surface area contributed by atoms with Crippen LogP contribution in [0, 0.1) is 0 Å². The van der Waals surface area contributed by atoms with Crippen molar-refractivity contribution in [2.45, 2.75) is 10.9 Å². The number of nitrogens with zero attached hydrogens (tertiary/aromatic N) is 3. The Bertz CT molecular complexity index is 740. The minimum absolute atomic E-state index is 0.327. The zero-order chi connectivity index (χ0) is 14.7. The van der Waals surface area contributed by atoms with Gasteiger partial charge in [-0.3, -0.25) is 0 Å². The summed E-state index contributed by atoms with van der Waals surface area (Å²) >= 11 is 3.11. The van der Waals surface area contributed by atoms with Gasteiger partial charge in [-0.05, 0) is 12.1 Å². The van der Waals surface area contributed by atoms with Gasteiger partial charge in [0.05, 0.1) is 12.8 Å². The molecule has 0 bridgehead atoms. The van der Waals surface area contributed by atoms with Crippen LogP contribution >= 0.6 is 23.1 Å². The molecule has 3 rings (SSSR count). The van der Waals surface area contributed by atoms with E-state index in [1.807, 2.05) is 29.6 Å². The van der Waals surface area contributed by atoms with Gasteiger partial charge in [-0.25, -0.2) is 10.1 Å².